The molecule has 1 fully saturated rings. The topological polar surface area (TPSA) is 12.0 Å². The first-order chi connectivity index (χ1) is 7.79. The zero-order valence-electron chi connectivity index (χ0n) is 9.54. The Balaban J connectivity index is 1.94. The van der Waals surface area contributed by atoms with Crippen LogP contribution < -0.4 is 5.32 Å². The molecule has 1 aliphatic heterocycles. The molecule has 4 heteroatoms. The second-order valence-corrected chi connectivity index (χ2v) is 8.10. The molecule has 0 aliphatic carbocycles. The fourth-order valence-corrected chi connectivity index (χ4v) is 5.19. The molecular formula is C12H18BrNS2. The van der Waals surface area contributed by atoms with E-state index in [4.69, 9.17) is 0 Å². The van der Waals surface area contributed by atoms with E-state index in [1.54, 1.807) is 0 Å². The second-order valence-electron chi connectivity index (χ2n) is 4.21. The highest BCUT2D eigenvalue weighted by molar-refractivity contribution is 9.11. The Labute approximate surface area is 115 Å². The monoisotopic (exact) mass is 319 g/mol. The standard InChI is InChI=1S/C12H18BrNS2/c1-14-10(11-4-2-3-7-15-11)8-9-5-6-12(13)16-9/h5-6,10-11,14H,2-4,7-8H2,1H3. The Morgan fingerprint density at radius 3 is 2.94 bits per heavy atom. The van der Waals surface area contributed by atoms with Gasteiger partial charge in [-0.05, 0) is 60.1 Å². The van der Waals surface area contributed by atoms with Crippen LogP contribution in [0.3, 0.4) is 0 Å². The number of likely N-dealkylation sites (N-methyl/N-ethyl adjacent to an activating group) is 1. The summed E-state index contributed by atoms with van der Waals surface area (Å²) < 4.78 is 1.24. The van der Waals surface area contributed by atoms with E-state index >= 15 is 0 Å². The van der Waals surface area contributed by atoms with Crippen molar-refractivity contribution in [2.45, 2.75) is 37.0 Å². The van der Waals surface area contributed by atoms with Crippen molar-refractivity contribution in [3.63, 3.8) is 0 Å². The molecule has 1 aromatic heterocycles. The van der Waals surface area contributed by atoms with Gasteiger partial charge < -0.3 is 5.32 Å². The molecule has 90 valence electrons. The number of nitrogens with one attached hydrogen (secondary N) is 1. The lowest BCUT2D eigenvalue weighted by Crippen LogP contribution is -2.38. The molecule has 2 rings (SSSR count). The first kappa shape index (κ1) is 12.9. The zero-order valence-corrected chi connectivity index (χ0v) is 12.8. The highest BCUT2D eigenvalue weighted by Gasteiger charge is 2.23. The summed E-state index contributed by atoms with van der Waals surface area (Å²) in [6.45, 7) is 0. The summed E-state index contributed by atoms with van der Waals surface area (Å²) in [6, 6.07) is 5.03. The van der Waals surface area contributed by atoms with Gasteiger partial charge in [0.1, 0.15) is 0 Å². The molecule has 0 radical (unpaired) electrons. The molecule has 1 nitrogen and oxygen atoms in total. The molecule has 0 amide bonds. The average molecular weight is 320 g/mol. The first-order valence-electron chi connectivity index (χ1n) is 5.82. The van der Waals surface area contributed by atoms with E-state index in [-0.39, 0.29) is 0 Å². The van der Waals surface area contributed by atoms with Crippen molar-refractivity contribution in [3.05, 3.63) is 20.8 Å². The number of hydrogen-bond acceptors (Lipinski definition) is 3. The molecule has 16 heavy (non-hydrogen) atoms. The van der Waals surface area contributed by atoms with Crippen LogP contribution in [0.5, 0.6) is 0 Å². The van der Waals surface area contributed by atoms with Crippen LogP contribution in [0.4, 0.5) is 0 Å². The van der Waals surface area contributed by atoms with Crippen LogP contribution in [-0.4, -0.2) is 24.1 Å². The number of rotatable bonds is 4. The van der Waals surface area contributed by atoms with E-state index in [0.29, 0.717) is 6.04 Å². The van der Waals surface area contributed by atoms with Crippen LogP contribution >= 0.6 is 39.0 Å². The molecule has 2 atom stereocenters. The lowest BCUT2D eigenvalue weighted by atomic mass is 10.0. The second kappa shape index (κ2) is 6.43. The highest BCUT2D eigenvalue weighted by Crippen LogP contribution is 2.30. The summed E-state index contributed by atoms with van der Waals surface area (Å²) in [5.74, 6) is 1.34. The molecule has 1 aliphatic rings. The largest absolute Gasteiger partial charge is 0.316 e. The SMILES string of the molecule is CNC(Cc1ccc(Br)s1)C1CCCCS1. The van der Waals surface area contributed by atoms with Gasteiger partial charge in [-0.3, -0.25) is 0 Å². The number of halogens is 1. The van der Waals surface area contributed by atoms with Crippen LogP contribution in [-0.2, 0) is 6.42 Å². The molecule has 1 saturated heterocycles. The lowest BCUT2D eigenvalue weighted by Gasteiger charge is -2.29. The Bertz CT molecular complexity index is 321. The quantitative estimate of drug-likeness (QED) is 0.902. The molecule has 1 N–H and O–H groups in total. The van der Waals surface area contributed by atoms with E-state index in [9.17, 15) is 0 Å². The van der Waals surface area contributed by atoms with Gasteiger partial charge in [0.05, 0.1) is 3.79 Å². The minimum Gasteiger partial charge on any atom is -0.316 e. The van der Waals surface area contributed by atoms with Crippen molar-refractivity contribution in [2.75, 3.05) is 12.8 Å². The highest BCUT2D eigenvalue weighted by atomic mass is 79.9. The van der Waals surface area contributed by atoms with Crippen molar-refractivity contribution >= 4 is 39.0 Å². The normalized spacial score (nSPS) is 23.2. The third-order valence-corrected chi connectivity index (χ3v) is 6.25. The molecule has 0 spiro atoms. The first-order valence-corrected chi connectivity index (χ1v) is 8.48. The van der Waals surface area contributed by atoms with E-state index in [1.165, 1.54) is 40.1 Å². The zero-order chi connectivity index (χ0) is 11.4. The molecule has 0 bridgehead atoms. The Hall–Kier alpha value is 0.490. The summed E-state index contributed by atoms with van der Waals surface area (Å²) in [6.07, 6.45) is 5.36. The van der Waals surface area contributed by atoms with E-state index in [0.717, 1.165) is 5.25 Å². The average Bonchev–Trinajstić information content (AvgIpc) is 2.73. The van der Waals surface area contributed by atoms with Crippen LogP contribution in [0.25, 0.3) is 0 Å². The maximum Gasteiger partial charge on any atom is 0.0701 e. The van der Waals surface area contributed by atoms with Crippen LogP contribution in [0.2, 0.25) is 0 Å². The Morgan fingerprint density at radius 2 is 2.38 bits per heavy atom. The Kier molecular flexibility index (Phi) is 5.20. The van der Waals surface area contributed by atoms with Gasteiger partial charge in [0.25, 0.3) is 0 Å². The maximum absolute atomic E-state index is 3.53. The fourth-order valence-electron chi connectivity index (χ4n) is 2.18. The predicted molar refractivity (Wildman–Crippen MR) is 78.7 cm³/mol. The summed E-state index contributed by atoms with van der Waals surface area (Å²) in [7, 11) is 2.10. The van der Waals surface area contributed by atoms with Crippen LogP contribution in [0.15, 0.2) is 15.9 Å². The van der Waals surface area contributed by atoms with Crippen molar-refractivity contribution in [3.8, 4) is 0 Å². The molecule has 0 saturated carbocycles. The molecule has 2 heterocycles. The van der Waals surface area contributed by atoms with Crippen molar-refractivity contribution in [2.24, 2.45) is 0 Å². The van der Waals surface area contributed by atoms with E-state index in [1.807, 2.05) is 11.3 Å². The third kappa shape index (κ3) is 3.49. The fraction of sp³-hybridized carbons (Fsp3) is 0.667. The number of thiophene rings is 1. The third-order valence-electron chi connectivity index (χ3n) is 3.08. The van der Waals surface area contributed by atoms with Crippen molar-refractivity contribution < 1.29 is 0 Å². The van der Waals surface area contributed by atoms with Gasteiger partial charge in [-0.2, -0.15) is 11.8 Å². The van der Waals surface area contributed by atoms with Crippen LogP contribution in [0, 0.1) is 0 Å². The van der Waals surface area contributed by atoms with Gasteiger partial charge in [-0.15, -0.1) is 11.3 Å². The summed E-state index contributed by atoms with van der Waals surface area (Å²) in [5, 5.41) is 4.31. The molecular weight excluding hydrogens is 302 g/mol. The van der Waals surface area contributed by atoms with Gasteiger partial charge in [0.2, 0.25) is 0 Å². The van der Waals surface area contributed by atoms with Gasteiger partial charge in [-0.1, -0.05) is 6.42 Å². The summed E-state index contributed by atoms with van der Waals surface area (Å²) >= 11 is 7.55. The predicted octanol–water partition coefficient (Wildman–Crippen LogP) is 3.93. The lowest BCUT2D eigenvalue weighted by molar-refractivity contribution is 0.497. The van der Waals surface area contributed by atoms with E-state index < -0.39 is 0 Å². The van der Waals surface area contributed by atoms with Gasteiger partial charge in [0, 0.05) is 16.2 Å². The minimum atomic E-state index is 0.635. The van der Waals surface area contributed by atoms with Gasteiger partial charge in [0.15, 0.2) is 0 Å². The number of thioether (sulfide) groups is 1. The Morgan fingerprint density at radius 1 is 1.50 bits per heavy atom. The van der Waals surface area contributed by atoms with Crippen LogP contribution in [0.1, 0.15) is 24.1 Å². The number of hydrogen-bond donors (Lipinski definition) is 1. The van der Waals surface area contributed by atoms with Crippen molar-refractivity contribution in [1.29, 1.82) is 0 Å². The molecule has 2 unspecified atom stereocenters. The van der Waals surface area contributed by atoms with Gasteiger partial charge in [-0.25, -0.2) is 0 Å². The van der Waals surface area contributed by atoms with Gasteiger partial charge >= 0.3 is 0 Å². The summed E-state index contributed by atoms with van der Waals surface area (Å²) in [4.78, 5) is 1.48. The summed E-state index contributed by atoms with van der Waals surface area (Å²) in [5.41, 5.74) is 0. The van der Waals surface area contributed by atoms with E-state index in [2.05, 4.69) is 52.2 Å². The molecule has 0 aromatic carbocycles. The maximum atomic E-state index is 3.53. The molecule has 1 aromatic rings. The van der Waals surface area contributed by atoms with Crippen molar-refractivity contribution in [1.82, 2.24) is 5.32 Å². The smallest absolute Gasteiger partial charge is 0.0701 e. The minimum absolute atomic E-state index is 0.635.